The number of hydrogen-bond donors (Lipinski definition) is 1. The van der Waals surface area contributed by atoms with Crippen LogP contribution in [0.25, 0.3) is 0 Å². The van der Waals surface area contributed by atoms with Crippen LogP contribution < -0.4 is 5.32 Å². The second-order valence-electron chi connectivity index (χ2n) is 5.26. The van der Waals surface area contributed by atoms with Crippen molar-refractivity contribution in [2.24, 2.45) is 0 Å². The summed E-state index contributed by atoms with van der Waals surface area (Å²) in [5, 5.41) is 2.79. The maximum Gasteiger partial charge on any atom is 0.229 e. The highest BCUT2D eigenvalue weighted by atomic mass is 16.2. The molecule has 0 radical (unpaired) electrons. The molecule has 0 atom stereocenters. The Morgan fingerprint density at radius 3 is 2.33 bits per heavy atom. The van der Waals surface area contributed by atoms with Crippen molar-refractivity contribution in [1.29, 1.82) is 0 Å². The van der Waals surface area contributed by atoms with Crippen LogP contribution in [0, 0.1) is 0 Å². The first kappa shape index (κ1) is 17.3. The summed E-state index contributed by atoms with van der Waals surface area (Å²) in [6.45, 7) is 0.809. The van der Waals surface area contributed by atoms with Gasteiger partial charge in [-0.2, -0.15) is 0 Å². The summed E-state index contributed by atoms with van der Waals surface area (Å²) in [5.74, 6) is -0.477. The molecule has 118 valence electrons. The first-order chi connectivity index (χ1) is 10.1. The van der Waals surface area contributed by atoms with Crippen molar-refractivity contribution in [1.82, 2.24) is 10.2 Å². The molecule has 0 bridgehead atoms. The first-order valence-electron chi connectivity index (χ1n) is 7.68. The third-order valence-electron chi connectivity index (χ3n) is 3.54. The molecule has 6 heteroatoms. The monoisotopic (exact) mass is 296 g/mol. The largest absolute Gasteiger partial charge is 0.356 e. The number of rotatable bonds is 11. The first-order valence-corrected chi connectivity index (χ1v) is 7.68. The van der Waals surface area contributed by atoms with Crippen LogP contribution in [0.3, 0.4) is 0 Å². The Kier molecular flexibility index (Phi) is 8.31. The zero-order valence-corrected chi connectivity index (χ0v) is 12.4. The summed E-state index contributed by atoms with van der Waals surface area (Å²) in [4.78, 5) is 45.6. The Labute approximate surface area is 125 Å². The SMILES string of the molecule is O=CCCCCCCCNC(=O)CCN1C(=O)CCC1=O. The third-order valence-corrected chi connectivity index (χ3v) is 3.54. The lowest BCUT2D eigenvalue weighted by molar-refractivity contribution is -0.138. The molecule has 0 aliphatic carbocycles. The molecule has 0 saturated carbocycles. The molecule has 0 spiro atoms. The number of amides is 3. The van der Waals surface area contributed by atoms with Gasteiger partial charge in [0.05, 0.1) is 0 Å². The molecular formula is C15H24N2O4. The fourth-order valence-electron chi connectivity index (χ4n) is 2.28. The number of hydrogen-bond acceptors (Lipinski definition) is 4. The van der Waals surface area contributed by atoms with Crippen LogP contribution in [-0.2, 0) is 19.2 Å². The van der Waals surface area contributed by atoms with E-state index >= 15 is 0 Å². The number of imide groups is 1. The van der Waals surface area contributed by atoms with Gasteiger partial charge in [-0.1, -0.05) is 19.3 Å². The van der Waals surface area contributed by atoms with E-state index in [1.54, 1.807) is 0 Å². The smallest absolute Gasteiger partial charge is 0.229 e. The molecule has 1 saturated heterocycles. The van der Waals surface area contributed by atoms with Crippen LogP contribution in [0.2, 0.25) is 0 Å². The zero-order chi connectivity index (χ0) is 15.5. The molecule has 21 heavy (non-hydrogen) atoms. The minimum absolute atomic E-state index is 0.122. The van der Waals surface area contributed by atoms with E-state index in [1.807, 2.05) is 0 Å². The Balaban J connectivity index is 1.98. The lowest BCUT2D eigenvalue weighted by Gasteiger charge is -2.13. The molecule has 3 amide bonds. The van der Waals surface area contributed by atoms with E-state index in [1.165, 1.54) is 4.90 Å². The molecule has 6 nitrogen and oxygen atoms in total. The molecule has 0 aromatic heterocycles. The van der Waals surface area contributed by atoms with E-state index in [-0.39, 0.29) is 43.5 Å². The number of carbonyl (C=O) groups excluding carboxylic acids is 4. The summed E-state index contributed by atoms with van der Waals surface area (Å²) >= 11 is 0. The minimum atomic E-state index is -0.178. The summed E-state index contributed by atoms with van der Waals surface area (Å²) in [5.41, 5.74) is 0. The van der Waals surface area contributed by atoms with Gasteiger partial charge in [-0.15, -0.1) is 0 Å². The number of carbonyl (C=O) groups is 4. The zero-order valence-electron chi connectivity index (χ0n) is 12.4. The predicted molar refractivity (Wildman–Crippen MR) is 77.3 cm³/mol. The fourth-order valence-corrected chi connectivity index (χ4v) is 2.28. The van der Waals surface area contributed by atoms with Gasteiger partial charge >= 0.3 is 0 Å². The number of nitrogens with one attached hydrogen (secondary N) is 1. The van der Waals surface area contributed by atoms with Gasteiger partial charge in [0.1, 0.15) is 6.29 Å². The van der Waals surface area contributed by atoms with Gasteiger partial charge < -0.3 is 10.1 Å². The molecule has 0 aromatic carbocycles. The second-order valence-corrected chi connectivity index (χ2v) is 5.26. The standard InChI is InChI=1S/C15H24N2O4/c18-12-6-4-2-1-3-5-10-16-13(19)9-11-17-14(20)7-8-15(17)21/h12H,1-11H2,(H,16,19). The predicted octanol–water partition coefficient (Wildman–Crippen LogP) is 1.18. The van der Waals surface area contributed by atoms with Crippen LogP contribution in [0.15, 0.2) is 0 Å². The van der Waals surface area contributed by atoms with Gasteiger partial charge in [0.25, 0.3) is 0 Å². The molecule has 1 fully saturated rings. The summed E-state index contributed by atoms with van der Waals surface area (Å²) in [7, 11) is 0. The Morgan fingerprint density at radius 1 is 1.05 bits per heavy atom. The highest BCUT2D eigenvalue weighted by Crippen LogP contribution is 2.11. The molecular weight excluding hydrogens is 272 g/mol. The van der Waals surface area contributed by atoms with Crippen molar-refractivity contribution in [3.8, 4) is 0 Å². The van der Waals surface area contributed by atoms with Crippen molar-refractivity contribution < 1.29 is 19.2 Å². The summed E-state index contributed by atoms with van der Waals surface area (Å²) in [6.07, 6.45) is 7.28. The molecule has 1 aliphatic rings. The quantitative estimate of drug-likeness (QED) is 0.352. The normalized spacial score (nSPS) is 14.6. The minimum Gasteiger partial charge on any atom is -0.356 e. The maximum absolute atomic E-state index is 11.6. The third kappa shape index (κ3) is 7.02. The van der Waals surface area contributed by atoms with E-state index in [4.69, 9.17) is 0 Å². The average Bonchev–Trinajstić information content (AvgIpc) is 2.78. The summed E-state index contributed by atoms with van der Waals surface area (Å²) in [6, 6.07) is 0. The lowest BCUT2D eigenvalue weighted by atomic mass is 10.1. The van der Waals surface area contributed by atoms with E-state index in [2.05, 4.69) is 5.32 Å². The number of likely N-dealkylation sites (tertiary alicyclic amines) is 1. The molecule has 1 N–H and O–H groups in total. The van der Waals surface area contributed by atoms with Gasteiger partial charge in [0.2, 0.25) is 17.7 Å². The van der Waals surface area contributed by atoms with Gasteiger partial charge in [0.15, 0.2) is 0 Å². The average molecular weight is 296 g/mol. The highest BCUT2D eigenvalue weighted by molar-refractivity contribution is 6.02. The Bertz CT molecular complexity index is 366. The highest BCUT2D eigenvalue weighted by Gasteiger charge is 2.28. The number of nitrogens with zero attached hydrogens (tertiary/aromatic N) is 1. The van der Waals surface area contributed by atoms with Crippen LogP contribution >= 0.6 is 0 Å². The van der Waals surface area contributed by atoms with E-state index in [0.29, 0.717) is 13.0 Å². The van der Waals surface area contributed by atoms with E-state index in [9.17, 15) is 19.2 Å². The Morgan fingerprint density at radius 2 is 1.67 bits per heavy atom. The van der Waals surface area contributed by atoms with Crippen LogP contribution in [0.1, 0.15) is 57.8 Å². The summed E-state index contributed by atoms with van der Waals surface area (Å²) < 4.78 is 0. The fraction of sp³-hybridized carbons (Fsp3) is 0.733. The van der Waals surface area contributed by atoms with Crippen LogP contribution in [0.4, 0.5) is 0 Å². The topological polar surface area (TPSA) is 83.6 Å². The van der Waals surface area contributed by atoms with E-state index in [0.717, 1.165) is 38.4 Å². The van der Waals surface area contributed by atoms with E-state index < -0.39 is 0 Å². The van der Waals surface area contributed by atoms with Crippen LogP contribution in [0.5, 0.6) is 0 Å². The second kappa shape index (κ2) is 10.1. The number of unbranched alkanes of at least 4 members (excludes halogenated alkanes) is 5. The van der Waals surface area contributed by atoms with Crippen molar-refractivity contribution >= 4 is 24.0 Å². The Hall–Kier alpha value is -1.72. The van der Waals surface area contributed by atoms with Gasteiger partial charge in [-0.25, -0.2) is 0 Å². The number of aldehydes is 1. The van der Waals surface area contributed by atoms with Gasteiger partial charge in [0, 0.05) is 38.8 Å². The van der Waals surface area contributed by atoms with Crippen LogP contribution in [-0.4, -0.2) is 42.0 Å². The molecule has 1 aliphatic heterocycles. The maximum atomic E-state index is 11.6. The van der Waals surface area contributed by atoms with Crippen molar-refractivity contribution in [3.05, 3.63) is 0 Å². The molecule has 1 rings (SSSR count). The van der Waals surface area contributed by atoms with Gasteiger partial charge in [-0.3, -0.25) is 19.3 Å². The molecule has 0 aromatic rings. The lowest BCUT2D eigenvalue weighted by Crippen LogP contribution is -2.34. The van der Waals surface area contributed by atoms with Crippen molar-refractivity contribution in [3.63, 3.8) is 0 Å². The van der Waals surface area contributed by atoms with Crippen molar-refractivity contribution in [2.45, 2.75) is 57.8 Å². The van der Waals surface area contributed by atoms with Gasteiger partial charge in [-0.05, 0) is 12.8 Å². The molecule has 1 heterocycles. The molecule has 0 unspecified atom stereocenters. The van der Waals surface area contributed by atoms with Crippen molar-refractivity contribution in [2.75, 3.05) is 13.1 Å².